The smallest absolute Gasteiger partial charge is 0.338 e. The fourth-order valence-corrected chi connectivity index (χ4v) is 9.66. The number of benzene rings is 3. The van der Waals surface area contributed by atoms with Crippen LogP contribution in [0.1, 0.15) is 61.9 Å². The van der Waals surface area contributed by atoms with Gasteiger partial charge in [-0.1, -0.05) is 44.2 Å². The van der Waals surface area contributed by atoms with Crippen LogP contribution in [0.4, 0.5) is 18.9 Å². The molecule has 1 heterocycles. The molecular weight excluding hydrogens is 638 g/mol. The molecule has 4 atom stereocenters. The second-order valence-electron chi connectivity index (χ2n) is 12.8. The normalized spacial score (nSPS) is 22.8. The van der Waals surface area contributed by atoms with Crippen molar-refractivity contribution in [2.24, 2.45) is 17.8 Å². The number of hydrogen-bond donors (Lipinski definition) is 2. The quantitative estimate of drug-likeness (QED) is 0.195. The standard InChI is InChI=1S/C34H33F3N2O5S2/c1-18-10-19-12-20(11-18)16-34(2,15-19)22-6-4-21(5-7-22)23-8-9-24(31(37)30(23)36)32-38-29(17-45-32)46(42,43)39-27-14-26(35)25(33(40)41)13-28(27)44-3/h4-9,13-14,17-20,39H,10-12,15-16H2,1-3H3,(H,40,41)/t18?,19-,20?,34?/m0/s1. The highest BCUT2D eigenvalue weighted by molar-refractivity contribution is 7.92. The lowest BCUT2D eigenvalue weighted by molar-refractivity contribution is 0.0691. The van der Waals surface area contributed by atoms with E-state index in [-0.39, 0.29) is 33.0 Å². The first-order valence-corrected chi connectivity index (χ1v) is 17.3. The van der Waals surface area contributed by atoms with Gasteiger partial charge in [0.1, 0.15) is 16.6 Å². The molecule has 2 fully saturated rings. The summed E-state index contributed by atoms with van der Waals surface area (Å²) >= 11 is 0.788. The summed E-state index contributed by atoms with van der Waals surface area (Å²) < 4.78 is 78.4. The molecule has 2 aliphatic carbocycles. The minimum Gasteiger partial charge on any atom is -0.495 e. The van der Waals surface area contributed by atoms with Gasteiger partial charge in [-0.2, -0.15) is 8.42 Å². The van der Waals surface area contributed by atoms with Crippen molar-refractivity contribution < 1.29 is 36.2 Å². The average molecular weight is 671 g/mol. The summed E-state index contributed by atoms with van der Waals surface area (Å²) in [6.07, 6.45) is 6.10. The maximum absolute atomic E-state index is 15.5. The van der Waals surface area contributed by atoms with Gasteiger partial charge >= 0.3 is 5.97 Å². The zero-order chi connectivity index (χ0) is 33.0. The Kier molecular flexibility index (Phi) is 8.39. The lowest BCUT2D eigenvalue weighted by atomic mass is 9.57. The third-order valence-electron chi connectivity index (χ3n) is 9.34. The molecule has 2 N–H and O–H groups in total. The highest BCUT2D eigenvalue weighted by Crippen LogP contribution is 2.51. The molecule has 0 saturated heterocycles. The van der Waals surface area contributed by atoms with Gasteiger partial charge in [-0.3, -0.25) is 4.72 Å². The summed E-state index contributed by atoms with van der Waals surface area (Å²) in [5.74, 6) is -3.00. The minimum absolute atomic E-state index is 0.0544. The third-order valence-corrected chi connectivity index (χ3v) is 11.6. The topological polar surface area (TPSA) is 106 Å². The van der Waals surface area contributed by atoms with Crippen LogP contribution in [-0.2, 0) is 15.4 Å². The van der Waals surface area contributed by atoms with Gasteiger partial charge in [0.25, 0.3) is 10.0 Å². The molecule has 3 aromatic carbocycles. The summed E-state index contributed by atoms with van der Waals surface area (Å²) in [6, 6.07) is 12.0. The molecule has 242 valence electrons. The number of ether oxygens (including phenoxy) is 1. The second-order valence-corrected chi connectivity index (χ2v) is 15.3. The van der Waals surface area contributed by atoms with Gasteiger partial charge in [0, 0.05) is 22.6 Å². The molecule has 0 spiro atoms. The largest absolute Gasteiger partial charge is 0.495 e. The average Bonchev–Trinajstić information content (AvgIpc) is 3.49. The molecule has 1 aromatic heterocycles. The maximum atomic E-state index is 15.5. The summed E-state index contributed by atoms with van der Waals surface area (Å²) in [5.41, 5.74) is 0.596. The number of halogens is 3. The van der Waals surface area contributed by atoms with Gasteiger partial charge < -0.3 is 9.84 Å². The number of thiazole rings is 1. The Bertz CT molecular complexity index is 1910. The van der Waals surface area contributed by atoms with Crippen molar-refractivity contribution in [1.29, 1.82) is 0 Å². The molecule has 12 heteroatoms. The van der Waals surface area contributed by atoms with Gasteiger partial charge in [0.2, 0.25) is 0 Å². The van der Waals surface area contributed by atoms with Gasteiger partial charge in [-0.25, -0.2) is 22.9 Å². The van der Waals surface area contributed by atoms with Crippen molar-refractivity contribution in [3.8, 4) is 27.4 Å². The lowest BCUT2D eigenvalue weighted by Gasteiger charge is -2.47. The maximum Gasteiger partial charge on any atom is 0.338 e. The number of rotatable bonds is 8. The van der Waals surface area contributed by atoms with Gasteiger partial charge in [0.05, 0.1) is 18.4 Å². The van der Waals surface area contributed by atoms with Gasteiger partial charge in [-0.05, 0) is 78.5 Å². The molecule has 2 bridgehead atoms. The van der Waals surface area contributed by atoms with Crippen molar-refractivity contribution in [1.82, 2.24) is 4.98 Å². The molecule has 2 saturated carbocycles. The van der Waals surface area contributed by atoms with Crippen LogP contribution in [0, 0.1) is 35.2 Å². The summed E-state index contributed by atoms with van der Waals surface area (Å²) in [7, 11) is -3.28. The second kappa shape index (κ2) is 12.0. The number of aromatic nitrogens is 1. The predicted octanol–water partition coefficient (Wildman–Crippen LogP) is 8.51. The summed E-state index contributed by atoms with van der Waals surface area (Å²) in [5, 5.41) is 9.66. The van der Waals surface area contributed by atoms with Crippen molar-refractivity contribution in [2.75, 3.05) is 11.8 Å². The van der Waals surface area contributed by atoms with Crippen LogP contribution in [0.3, 0.4) is 0 Å². The number of anilines is 1. The molecule has 4 aromatic rings. The number of hydrogen-bond acceptors (Lipinski definition) is 6. The number of methoxy groups -OCH3 is 1. The monoisotopic (exact) mass is 670 g/mol. The number of carboxylic acid groups (broad SMARTS) is 1. The van der Waals surface area contributed by atoms with E-state index in [0.717, 1.165) is 60.5 Å². The van der Waals surface area contributed by atoms with Crippen molar-refractivity contribution in [3.05, 3.63) is 82.5 Å². The van der Waals surface area contributed by atoms with Crippen molar-refractivity contribution >= 4 is 33.0 Å². The van der Waals surface area contributed by atoms with E-state index in [4.69, 9.17) is 9.84 Å². The van der Waals surface area contributed by atoms with Crippen LogP contribution in [0.5, 0.6) is 5.75 Å². The van der Waals surface area contributed by atoms with Gasteiger partial charge in [0.15, 0.2) is 16.7 Å². The highest BCUT2D eigenvalue weighted by Gasteiger charge is 2.41. The molecule has 0 radical (unpaired) electrons. The number of nitrogens with zero attached hydrogens (tertiary/aromatic N) is 1. The Labute approximate surface area is 269 Å². The number of fused-ring (bicyclic) bond motifs is 2. The SMILES string of the molecule is COc1cc(C(=O)O)c(F)cc1NS(=O)(=O)c1csc(-c2ccc(-c3ccc(C4(C)CC5CC(C)C[C@@H](C5)C4)cc3)c(F)c2F)n1. The molecule has 3 unspecified atom stereocenters. The molecule has 46 heavy (non-hydrogen) atoms. The Morgan fingerprint density at radius 2 is 1.63 bits per heavy atom. The molecule has 0 amide bonds. The van der Waals surface area contributed by atoms with Crippen LogP contribution in [0.15, 0.2) is 58.9 Å². The summed E-state index contributed by atoms with van der Waals surface area (Å²) in [6.45, 7) is 4.66. The predicted molar refractivity (Wildman–Crippen MR) is 170 cm³/mol. The molecule has 7 nitrogen and oxygen atoms in total. The zero-order valence-electron chi connectivity index (χ0n) is 25.4. The fraction of sp³-hybridized carbons (Fsp3) is 0.353. The van der Waals surface area contributed by atoms with Crippen LogP contribution in [0.25, 0.3) is 21.7 Å². The Balaban J connectivity index is 1.22. The summed E-state index contributed by atoms with van der Waals surface area (Å²) in [4.78, 5) is 15.2. The Hall–Kier alpha value is -3.90. The van der Waals surface area contributed by atoms with E-state index in [9.17, 15) is 17.6 Å². The first-order valence-electron chi connectivity index (χ1n) is 15.0. The third kappa shape index (κ3) is 6.00. The van der Waals surface area contributed by atoms with Gasteiger partial charge in [-0.15, -0.1) is 11.3 Å². The van der Waals surface area contributed by atoms with Crippen LogP contribution in [-0.4, -0.2) is 31.6 Å². The van der Waals surface area contributed by atoms with E-state index < -0.39 is 44.0 Å². The number of carboxylic acids is 1. The Morgan fingerprint density at radius 3 is 2.26 bits per heavy atom. The zero-order valence-corrected chi connectivity index (χ0v) is 27.1. The molecule has 6 rings (SSSR count). The first kappa shape index (κ1) is 32.1. The van der Waals surface area contributed by atoms with E-state index in [1.807, 2.05) is 24.3 Å². The molecule has 2 aliphatic rings. The van der Waals surface area contributed by atoms with Crippen LogP contribution >= 0.6 is 11.3 Å². The number of sulfonamides is 1. The lowest BCUT2D eigenvalue weighted by Crippen LogP contribution is -2.38. The van der Waals surface area contributed by atoms with E-state index in [1.54, 1.807) is 0 Å². The van der Waals surface area contributed by atoms with Crippen LogP contribution < -0.4 is 9.46 Å². The van der Waals surface area contributed by atoms with E-state index in [2.05, 4.69) is 23.6 Å². The molecule has 0 aliphatic heterocycles. The van der Waals surface area contributed by atoms with E-state index >= 15 is 8.78 Å². The van der Waals surface area contributed by atoms with Crippen LogP contribution in [0.2, 0.25) is 0 Å². The fourth-order valence-electron chi connectivity index (χ4n) is 7.48. The number of nitrogens with one attached hydrogen (secondary N) is 1. The Morgan fingerprint density at radius 1 is 1.00 bits per heavy atom. The number of aromatic carboxylic acids is 1. The number of carbonyl (C=O) groups is 1. The van der Waals surface area contributed by atoms with E-state index in [0.29, 0.717) is 11.6 Å². The molecular formula is C34H33F3N2O5S2. The van der Waals surface area contributed by atoms with E-state index in [1.165, 1.54) is 37.0 Å². The van der Waals surface area contributed by atoms with Crippen molar-refractivity contribution in [2.45, 2.75) is 56.4 Å². The first-order chi connectivity index (χ1) is 21.8. The van der Waals surface area contributed by atoms with Crippen molar-refractivity contribution in [3.63, 3.8) is 0 Å². The minimum atomic E-state index is -4.44. The highest BCUT2D eigenvalue weighted by atomic mass is 32.2.